The molecular weight excluding hydrogens is 659 g/mol. The number of allylic oxidation sites excluding steroid dienone is 7. The molecule has 3 unspecified atom stereocenters. The molecule has 0 aromatic rings. The second kappa shape index (κ2) is 34.2. The molecule has 0 aromatic carbocycles. The average Bonchev–Trinajstić information content (AvgIpc) is 3.07. The minimum Gasteiger partial charge on any atom is -0.387 e. The van der Waals surface area contributed by atoms with Crippen LogP contribution in [0.15, 0.2) is 48.6 Å². The molecule has 3 N–H and O–H groups in total. The van der Waals surface area contributed by atoms with Gasteiger partial charge in [0.15, 0.2) is 0 Å². The Hall–Kier alpha value is -1.54. The van der Waals surface area contributed by atoms with E-state index in [1.807, 2.05) is 27.2 Å². The molecule has 51 heavy (non-hydrogen) atoms. The minimum atomic E-state index is -4.34. The summed E-state index contributed by atoms with van der Waals surface area (Å²) in [5.74, 6) is -0.205. The van der Waals surface area contributed by atoms with Crippen molar-refractivity contribution in [1.29, 1.82) is 0 Å². The Bertz CT molecular complexity index is 975. The molecule has 298 valence electrons. The SMILES string of the molecule is CCC/C=C\C/C=C\CCCCCCCC(=O)NC(COP(=O)(O)OCC[N+](C)(C)C)C(O)/C=C/CC/C=C/CCCCCCCCCCCC. The van der Waals surface area contributed by atoms with Crippen LogP contribution in [0, 0.1) is 0 Å². The summed E-state index contributed by atoms with van der Waals surface area (Å²) in [4.78, 5) is 23.0. The van der Waals surface area contributed by atoms with Crippen molar-refractivity contribution < 1.29 is 32.9 Å². The first kappa shape index (κ1) is 49.5. The highest BCUT2D eigenvalue weighted by Gasteiger charge is 2.27. The maximum atomic E-state index is 12.8. The van der Waals surface area contributed by atoms with Gasteiger partial charge in [0.25, 0.3) is 0 Å². The molecule has 0 heterocycles. The largest absolute Gasteiger partial charge is 0.472 e. The van der Waals surface area contributed by atoms with E-state index >= 15 is 0 Å². The number of nitrogens with zero attached hydrogens (tertiary/aromatic N) is 1. The fourth-order valence-corrected chi connectivity index (χ4v) is 6.18. The van der Waals surface area contributed by atoms with Crippen LogP contribution in [0.4, 0.5) is 0 Å². The lowest BCUT2D eigenvalue weighted by Gasteiger charge is -2.25. The second-order valence-corrected chi connectivity index (χ2v) is 16.5. The van der Waals surface area contributed by atoms with Crippen molar-refractivity contribution in [3.63, 3.8) is 0 Å². The van der Waals surface area contributed by atoms with Gasteiger partial charge >= 0.3 is 7.82 Å². The van der Waals surface area contributed by atoms with Crippen LogP contribution in [0.3, 0.4) is 0 Å². The van der Waals surface area contributed by atoms with Gasteiger partial charge in [-0.15, -0.1) is 0 Å². The normalized spacial score (nSPS) is 15.0. The number of hydrogen-bond donors (Lipinski definition) is 3. The van der Waals surface area contributed by atoms with E-state index in [0.29, 0.717) is 17.4 Å². The number of amides is 1. The molecular formula is C42H80N2O6P+. The number of quaternary nitrogens is 1. The van der Waals surface area contributed by atoms with Crippen LogP contribution in [-0.2, 0) is 18.4 Å². The molecule has 0 saturated carbocycles. The number of carbonyl (C=O) groups excluding carboxylic acids is 1. The van der Waals surface area contributed by atoms with Gasteiger partial charge in [-0.3, -0.25) is 13.8 Å². The summed E-state index contributed by atoms with van der Waals surface area (Å²) in [6.07, 6.45) is 41.8. The Morgan fingerprint density at radius 1 is 0.667 bits per heavy atom. The van der Waals surface area contributed by atoms with E-state index in [4.69, 9.17) is 9.05 Å². The van der Waals surface area contributed by atoms with Crippen LogP contribution in [-0.4, -0.2) is 73.4 Å². The minimum absolute atomic E-state index is 0.0517. The Morgan fingerprint density at radius 2 is 1.18 bits per heavy atom. The van der Waals surface area contributed by atoms with E-state index in [0.717, 1.165) is 70.6 Å². The topological polar surface area (TPSA) is 105 Å². The lowest BCUT2D eigenvalue weighted by molar-refractivity contribution is -0.870. The third-order valence-corrected chi connectivity index (χ3v) is 9.74. The van der Waals surface area contributed by atoms with Crippen molar-refractivity contribution in [2.45, 2.75) is 174 Å². The Morgan fingerprint density at radius 3 is 1.76 bits per heavy atom. The zero-order valence-corrected chi connectivity index (χ0v) is 34.5. The van der Waals surface area contributed by atoms with Gasteiger partial charge < -0.3 is 19.8 Å². The number of aliphatic hydroxyl groups excluding tert-OH is 1. The smallest absolute Gasteiger partial charge is 0.387 e. The van der Waals surface area contributed by atoms with Crippen molar-refractivity contribution in [2.75, 3.05) is 40.9 Å². The van der Waals surface area contributed by atoms with Gasteiger partial charge in [0.05, 0.1) is 39.9 Å². The highest BCUT2D eigenvalue weighted by molar-refractivity contribution is 7.47. The zero-order valence-electron chi connectivity index (χ0n) is 33.6. The van der Waals surface area contributed by atoms with E-state index in [-0.39, 0.29) is 19.1 Å². The van der Waals surface area contributed by atoms with E-state index < -0.39 is 20.0 Å². The Kier molecular flexibility index (Phi) is 33.2. The molecule has 8 nitrogen and oxygen atoms in total. The van der Waals surface area contributed by atoms with E-state index in [9.17, 15) is 19.4 Å². The summed E-state index contributed by atoms with van der Waals surface area (Å²) in [5, 5.41) is 13.7. The zero-order chi connectivity index (χ0) is 37.9. The third kappa shape index (κ3) is 36.6. The Balaban J connectivity index is 4.57. The van der Waals surface area contributed by atoms with Gasteiger partial charge in [0.2, 0.25) is 5.91 Å². The lowest BCUT2D eigenvalue weighted by Crippen LogP contribution is -2.45. The van der Waals surface area contributed by atoms with E-state index in [1.165, 1.54) is 70.6 Å². The second-order valence-electron chi connectivity index (χ2n) is 15.0. The van der Waals surface area contributed by atoms with Gasteiger partial charge in [-0.05, 0) is 57.8 Å². The maximum absolute atomic E-state index is 12.8. The molecule has 0 fully saturated rings. The van der Waals surface area contributed by atoms with Crippen molar-refractivity contribution in [3.05, 3.63) is 48.6 Å². The summed E-state index contributed by atoms with van der Waals surface area (Å²) in [6, 6.07) is -0.869. The van der Waals surface area contributed by atoms with Gasteiger partial charge in [-0.2, -0.15) is 0 Å². The summed E-state index contributed by atoms with van der Waals surface area (Å²) in [7, 11) is 1.54. The van der Waals surface area contributed by atoms with E-state index in [1.54, 1.807) is 6.08 Å². The van der Waals surface area contributed by atoms with Gasteiger partial charge in [-0.25, -0.2) is 4.57 Å². The highest BCUT2D eigenvalue weighted by atomic mass is 31.2. The number of nitrogens with one attached hydrogen (secondary N) is 1. The molecule has 0 aliphatic carbocycles. The van der Waals surface area contributed by atoms with Crippen molar-refractivity contribution in [1.82, 2.24) is 5.32 Å². The lowest BCUT2D eigenvalue weighted by atomic mass is 10.1. The number of unbranched alkanes of at least 4 members (excludes halogenated alkanes) is 17. The van der Waals surface area contributed by atoms with Crippen LogP contribution in [0.5, 0.6) is 0 Å². The molecule has 0 aromatic heterocycles. The maximum Gasteiger partial charge on any atom is 0.472 e. The molecule has 0 aliphatic heterocycles. The predicted octanol–water partition coefficient (Wildman–Crippen LogP) is 10.9. The number of phosphoric ester groups is 1. The molecule has 1 amide bonds. The molecule has 0 rings (SSSR count). The molecule has 0 aliphatic rings. The first-order valence-electron chi connectivity index (χ1n) is 20.5. The highest BCUT2D eigenvalue weighted by Crippen LogP contribution is 2.43. The van der Waals surface area contributed by atoms with Gasteiger partial charge in [0.1, 0.15) is 13.2 Å². The number of aliphatic hydroxyl groups is 1. The van der Waals surface area contributed by atoms with Crippen LogP contribution in [0.2, 0.25) is 0 Å². The van der Waals surface area contributed by atoms with Crippen molar-refractivity contribution >= 4 is 13.7 Å². The Labute approximate surface area is 314 Å². The standard InChI is InChI=1S/C42H79N2O6P/c1-6-8-10-12-14-16-18-20-21-22-24-25-27-29-31-33-35-41(45)40(39-50-51(47,48)49-38-37-44(3,4)5)43-42(46)36-34-32-30-28-26-23-19-17-15-13-11-9-7-2/h11,13,17,19,25,27,33,35,40-41,45H,6-10,12,14-16,18,20-24,26,28-32,34,36-39H2,1-5H3,(H-,43,46,47,48)/p+1/b13-11-,19-17-,27-25+,35-33+. The number of carbonyl (C=O) groups is 1. The molecule has 0 bridgehead atoms. The third-order valence-electron chi connectivity index (χ3n) is 8.75. The summed E-state index contributed by atoms with van der Waals surface area (Å²) in [6.45, 7) is 4.69. The average molecular weight is 740 g/mol. The fraction of sp³-hybridized carbons (Fsp3) is 0.786. The van der Waals surface area contributed by atoms with Crippen LogP contribution >= 0.6 is 7.82 Å². The quantitative estimate of drug-likeness (QED) is 0.0256. The predicted molar refractivity (Wildman–Crippen MR) is 217 cm³/mol. The summed E-state index contributed by atoms with van der Waals surface area (Å²) >= 11 is 0. The molecule has 3 atom stereocenters. The van der Waals surface area contributed by atoms with Crippen LogP contribution in [0.1, 0.15) is 162 Å². The van der Waals surface area contributed by atoms with Crippen LogP contribution < -0.4 is 5.32 Å². The number of likely N-dealkylation sites (N-methyl/N-ethyl adjacent to an activating group) is 1. The van der Waals surface area contributed by atoms with E-state index in [2.05, 4.69) is 55.6 Å². The number of rotatable bonds is 36. The fourth-order valence-electron chi connectivity index (χ4n) is 5.45. The molecule has 9 heteroatoms. The summed E-state index contributed by atoms with van der Waals surface area (Å²) in [5.41, 5.74) is 0. The summed E-state index contributed by atoms with van der Waals surface area (Å²) < 4.78 is 23.5. The molecule has 0 spiro atoms. The van der Waals surface area contributed by atoms with Crippen LogP contribution in [0.25, 0.3) is 0 Å². The van der Waals surface area contributed by atoms with Crippen molar-refractivity contribution in [3.8, 4) is 0 Å². The molecule has 0 radical (unpaired) electrons. The molecule has 0 saturated heterocycles. The first-order chi connectivity index (χ1) is 24.5. The monoisotopic (exact) mass is 740 g/mol. The van der Waals surface area contributed by atoms with Gasteiger partial charge in [-0.1, -0.05) is 146 Å². The first-order valence-corrected chi connectivity index (χ1v) is 22.0. The number of phosphoric acid groups is 1. The number of hydrogen-bond acceptors (Lipinski definition) is 5. The van der Waals surface area contributed by atoms with Crippen molar-refractivity contribution in [2.24, 2.45) is 0 Å². The van der Waals surface area contributed by atoms with Gasteiger partial charge in [0, 0.05) is 6.42 Å².